The van der Waals surface area contributed by atoms with E-state index in [2.05, 4.69) is 0 Å². The molecule has 0 radical (unpaired) electrons. The first-order valence-electron chi connectivity index (χ1n) is 9.87. The van der Waals surface area contributed by atoms with Gasteiger partial charge in [0.15, 0.2) is 5.60 Å². The lowest BCUT2D eigenvalue weighted by atomic mass is 9.76. The number of nitrogens with zero attached hydrogens (tertiary/aromatic N) is 2. The molecule has 0 saturated carbocycles. The van der Waals surface area contributed by atoms with Gasteiger partial charge in [0.25, 0.3) is 6.09 Å². The van der Waals surface area contributed by atoms with Crippen molar-refractivity contribution >= 4 is 12.2 Å². The van der Waals surface area contributed by atoms with E-state index in [9.17, 15) is 19.8 Å². The number of likely N-dealkylation sites (tertiary alicyclic amines) is 2. The van der Waals surface area contributed by atoms with Crippen LogP contribution in [0.2, 0.25) is 0 Å². The third kappa shape index (κ3) is 3.49. The standard InChI is InChI=1S/C21H30N2O5/c1-20(2,3)23(19(25)26)12-8-7-11-17(23)21(27)14-22(15-21)18(24)28-13-16-9-5-4-6-10-16/h4-6,9-10,17,27H,7-8,11-15H2,1-3H3/t17-,23?/m1/s1. The minimum Gasteiger partial charge on any atom is -0.498 e. The first-order valence-corrected chi connectivity index (χ1v) is 9.87. The van der Waals surface area contributed by atoms with E-state index in [4.69, 9.17) is 4.74 Å². The predicted molar refractivity (Wildman–Crippen MR) is 101 cm³/mol. The minimum absolute atomic E-state index is 0.0780. The van der Waals surface area contributed by atoms with Crippen molar-refractivity contribution in [2.75, 3.05) is 19.6 Å². The maximum Gasteiger partial charge on any atom is 0.410 e. The van der Waals surface area contributed by atoms with Crippen LogP contribution in [0.5, 0.6) is 0 Å². The number of β-amino-alcohol motifs (C(OH)–C–C–N with tert-alkyl or cyclic N) is 1. The number of ether oxygens (including phenoxy) is 1. The van der Waals surface area contributed by atoms with Gasteiger partial charge >= 0.3 is 6.09 Å². The number of aliphatic hydroxyl groups is 1. The zero-order chi connectivity index (χ0) is 20.6. The second-order valence-electron chi connectivity index (χ2n) is 9.04. The molecule has 1 unspecified atom stereocenters. The van der Waals surface area contributed by atoms with Crippen LogP contribution in [0.3, 0.4) is 0 Å². The van der Waals surface area contributed by atoms with Crippen molar-refractivity contribution in [3.8, 4) is 0 Å². The smallest absolute Gasteiger partial charge is 0.410 e. The summed E-state index contributed by atoms with van der Waals surface area (Å²) in [4.78, 5) is 26.0. The molecule has 7 nitrogen and oxygen atoms in total. The second kappa shape index (κ2) is 7.37. The highest BCUT2D eigenvalue weighted by Crippen LogP contribution is 2.43. The molecule has 2 heterocycles. The SMILES string of the molecule is CC(C)(C)[N+]1(C(=O)[O-])CCCC[C@@H]1C1(O)CN(C(=O)OCc2ccccc2)C1. The summed E-state index contributed by atoms with van der Waals surface area (Å²) in [5.41, 5.74) is -0.979. The van der Waals surface area contributed by atoms with Crippen LogP contribution in [0.1, 0.15) is 45.6 Å². The number of carbonyl (C=O) groups excluding carboxylic acids is 2. The number of rotatable bonds is 3. The fourth-order valence-electron chi connectivity index (χ4n) is 4.81. The lowest BCUT2D eigenvalue weighted by Gasteiger charge is -2.61. The van der Waals surface area contributed by atoms with E-state index < -0.39 is 29.4 Å². The van der Waals surface area contributed by atoms with Crippen LogP contribution >= 0.6 is 0 Å². The van der Waals surface area contributed by atoms with Gasteiger partial charge in [0.2, 0.25) is 0 Å². The summed E-state index contributed by atoms with van der Waals surface area (Å²) >= 11 is 0. The van der Waals surface area contributed by atoms with Gasteiger partial charge in [-0.1, -0.05) is 30.3 Å². The molecule has 2 aliphatic heterocycles. The van der Waals surface area contributed by atoms with Crippen LogP contribution in [-0.4, -0.2) is 63.5 Å². The highest BCUT2D eigenvalue weighted by atomic mass is 16.6. The molecule has 7 heteroatoms. The van der Waals surface area contributed by atoms with E-state index in [0.717, 1.165) is 18.4 Å². The third-order valence-electron chi connectivity index (χ3n) is 6.31. The Morgan fingerprint density at radius 2 is 1.89 bits per heavy atom. The number of carboxylic acid groups (broad SMARTS) is 1. The van der Waals surface area contributed by atoms with E-state index in [1.165, 1.54) is 4.90 Å². The highest BCUT2D eigenvalue weighted by molar-refractivity contribution is 5.69. The summed E-state index contributed by atoms with van der Waals surface area (Å²) in [5.74, 6) is 0. The largest absolute Gasteiger partial charge is 0.498 e. The number of piperidine rings is 1. The molecular formula is C21H30N2O5. The normalized spacial score (nSPS) is 27.0. The first kappa shape index (κ1) is 20.6. The Labute approximate surface area is 166 Å². The maximum atomic E-state index is 12.3. The van der Waals surface area contributed by atoms with Gasteiger partial charge in [0.1, 0.15) is 12.6 Å². The number of quaternary nitrogens is 1. The van der Waals surface area contributed by atoms with Crippen LogP contribution in [0.4, 0.5) is 9.59 Å². The molecule has 0 aliphatic carbocycles. The van der Waals surface area contributed by atoms with E-state index in [1.54, 1.807) is 0 Å². The number of amides is 2. The Bertz CT molecular complexity index is 724. The van der Waals surface area contributed by atoms with Gasteiger partial charge in [0.05, 0.1) is 25.2 Å². The second-order valence-corrected chi connectivity index (χ2v) is 9.04. The summed E-state index contributed by atoms with van der Waals surface area (Å²) in [6.45, 7) is 6.36. The molecule has 1 aromatic rings. The van der Waals surface area contributed by atoms with Gasteiger partial charge in [-0.3, -0.25) is 4.48 Å². The fourth-order valence-corrected chi connectivity index (χ4v) is 4.81. The topological polar surface area (TPSA) is 89.9 Å². The molecule has 2 amide bonds. The molecule has 2 saturated heterocycles. The van der Waals surface area contributed by atoms with E-state index in [0.29, 0.717) is 13.0 Å². The van der Waals surface area contributed by atoms with Gasteiger partial charge in [-0.2, -0.15) is 0 Å². The van der Waals surface area contributed by atoms with E-state index >= 15 is 0 Å². The Balaban J connectivity index is 1.68. The van der Waals surface area contributed by atoms with Gasteiger partial charge < -0.3 is 24.6 Å². The summed E-state index contributed by atoms with van der Waals surface area (Å²) < 4.78 is 5.04. The molecular weight excluding hydrogens is 360 g/mol. The molecule has 0 bridgehead atoms. The van der Waals surface area contributed by atoms with Crippen molar-refractivity contribution in [2.45, 2.75) is 63.8 Å². The van der Waals surface area contributed by atoms with Crippen LogP contribution in [-0.2, 0) is 11.3 Å². The summed E-state index contributed by atoms with van der Waals surface area (Å²) in [5, 5.41) is 23.5. The predicted octanol–water partition coefficient (Wildman–Crippen LogP) is 1.88. The zero-order valence-corrected chi connectivity index (χ0v) is 16.9. The highest BCUT2D eigenvalue weighted by Gasteiger charge is 2.62. The Morgan fingerprint density at radius 3 is 2.46 bits per heavy atom. The summed E-state index contributed by atoms with van der Waals surface area (Å²) in [6.07, 6.45) is 0.576. The number of carbonyl (C=O) groups is 2. The van der Waals surface area contributed by atoms with Crippen molar-refractivity contribution in [3.05, 3.63) is 35.9 Å². The average molecular weight is 390 g/mol. The Morgan fingerprint density at radius 1 is 1.25 bits per heavy atom. The monoisotopic (exact) mass is 390 g/mol. The molecule has 0 spiro atoms. The van der Waals surface area contributed by atoms with Gasteiger partial charge in [-0.25, -0.2) is 4.79 Å². The number of benzene rings is 1. The van der Waals surface area contributed by atoms with Crippen molar-refractivity contribution < 1.29 is 29.0 Å². The molecule has 154 valence electrons. The number of hydrogen-bond acceptors (Lipinski definition) is 5. The molecule has 1 aromatic carbocycles. The molecule has 3 rings (SSSR count). The molecule has 2 aliphatic rings. The van der Waals surface area contributed by atoms with Crippen LogP contribution in [0.25, 0.3) is 0 Å². The van der Waals surface area contributed by atoms with Gasteiger partial charge in [0, 0.05) is 6.42 Å². The molecule has 2 fully saturated rings. The molecule has 0 aromatic heterocycles. The Kier molecular flexibility index (Phi) is 5.42. The lowest BCUT2D eigenvalue weighted by molar-refractivity contribution is -0.953. The molecule has 1 N–H and O–H groups in total. The first-order chi connectivity index (χ1) is 13.1. The quantitative estimate of drug-likeness (QED) is 0.796. The van der Waals surface area contributed by atoms with Crippen molar-refractivity contribution in [2.24, 2.45) is 0 Å². The van der Waals surface area contributed by atoms with Crippen LogP contribution in [0.15, 0.2) is 30.3 Å². The van der Waals surface area contributed by atoms with Crippen molar-refractivity contribution in [1.82, 2.24) is 4.90 Å². The van der Waals surface area contributed by atoms with E-state index in [1.807, 2.05) is 51.1 Å². The van der Waals surface area contributed by atoms with Gasteiger partial charge in [-0.05, 0) is 39.2 Å². The number of hydrogen-bond donors (Lipinski definition) is 1. The minimum atomic E-state index is -1.25. The summed E-state index contributed by atoms with van der Waals surface area (Å²) in [6, 6.07) is 8.87. The maximum absolute atomic E-state index is 12.3. The molecule has 28 heavy (non-hydrogen) atoms. The van der Waals surface area contributed by atoms with E-state index in [-0.39, 0.29) is 24.2 Å². The van der Waals surface area contributed by atoms with Crippen LogP contribution in [0, 0.1) is 0 Å². The molecule has 2 atom stereocenters. The average Bonchev–Trinajstić information content (AvgIpc) is 2.63. The fraction of sp³-hybridized carbons (Fsp3) is 0.619. The summed E-state index contributed by atoms with van der Waals surface area (Å²) in [7, 11) is 0. The third-order valence-corrected chi connectivity index (χ3v) is 6.31. The Hall–Kier alpha value is -2.12. The van der Waals surface area contributed by atoms with Crippen molar-refractivity contribution in [1.29, 1.82) is 0 Å². The zero-order valence-electron chi connectivity index (χ0n) is 16.9. The lowest BCUT2D eigenvalue weighted by Crippen LogP contribution is -2.83. The van der Waals surface area contributed by atoms with Crippen molar-refractivity contribution in [3.63, 3.8) is 0 Å². The van der Waals surface area contributed by atoms with Crippen LogP contribution < -0.4 is 5.11 Å². The van der Waals surface area contributed by atoms with Gasteiger partial charge in [-0.15, -0.1) is 0 Å².